The summed E-state index contributed by atoms with van der Waals surface area (Å²) in [6.45, 7) is 2.28. The molecule has 1 aromatic heterocycles. The van der Waals surface area contributed by atoms with Crippen LogP contribution in [0.5, 0.6) is 0 Å². The average molecular weight is 433 g/mol. The minimum Gasteiger partial charge on any atom is -0.462 e. The summed E-state index contributed by atoms with van der Waals surface area (Å²) in [4.78, 5) is 38.5. The molecule has 4 rings (SSSR count). The predicted molar refractivity (Wildman–Crippen MR) is 118 cm³/mol. The van der Waals surface area contributed by atoms with Crippen molar-refractivity contribution in [3.8, 4) is 11.3 Å². The van der Waals surface area contributed by atoms with Gasteiger partial charge in [0, 0.05) is 11.6 Å². The van der Waals surface area contributed by atoms with Gasteiger partial charge >= 0.3 is 5.97 Å². The fraction of sp³-hybridized carbons (Fsp3) is 0.125. The van der Waals surface area contributed by atoms with Crippen molar-refractivity contribution in [3.05, 3.63) is 88.5 Å². The van der Waals surface area contributed by atoms with Crippen molar-refractivity contribution < 1.29 is 23.5 Å². The molecule has 0 N–H and O–H groups in total. The van der Waals surface area contributed by atoms with Crippen molar-refractivity contribution >= 4 is 35.0 Å². The molecule has 156 valence electrons. The molecule has 0 unspecified atom stereocenters. The number of rotatable bonds is 6. The second-order valence-electron chi connectivity index (χ2n) is 6.76. The van der Waals surface area contributed by atoms with Crippen LogP contribution in [0.15, 0.2) is 76.1 Å². The minimum absolute atomic E-state index is 0.229. The van der Waals surface area contributed by atoms with Gasteiger partial charge in [-0.25, -0.2) is 4.79 Å². The van der Waals surface area contributed by atoms with Crippen LogP contribution in [0.3, 0.4) is 0 Å². The molecule has 2 aromatic carbocycles. The number of furan rings is 1. The predicted octanol–water partition coefficient (Wildman–Crippen LogP) is 5.36. The maximum absolute atomic E-state index is 12.7. The number of hydrogen-bond acceptors (Lipinski definition) is 6. The first-order valence-electron chi connectivity index (χ1n) is 9.72. The van der Waals surface area contributed by atoms with Gasteiger partial charge in [-0.1, -0.05) is 42.5 Å². The monoisotopic (exact) mass is 433 g/mol. The number of nitrogens with zero attached hydrogens (tertiary/aromatic N) is 1. The van der Waals surface area contributed by atoms with Crippen molar-refractivity contribution in [3.63, 3.8) is 0 Å². The second kappa shape index (κ2) is 9.06. The normalized spacial score (nSPS) is 15.0. The van der Waals surface area contributed by atoms with Crippen LogP contribution < -0.4 is 0 Å². The molecule has 3 aromatic rings. The SMILES string of the molecule is CCOC(=O)c1cccc(-c2ccc(/C=C3\SC(=O)N(Cc4ccccc4)C3=O)o2)c1. The van der Waals surface area contributed by atoms with Crippen LogP contribution in [-0.2, 0) is 16.1 Å². The Bertz CT molecular complexity index is 1170. The zero-order valence-corrected chi connectivity index (χ0v) is 17.6. The van der Waals surface area contributed by atoms with Crippen molar-refractivity contribution in [2.75, 3.05) is 6.61 Å². The van der Waals surface area contributed by atoms with Gasteiger partial charge in [0.1, 0.15) is 11.5 Å². The summed E-state index contributed by atoms with van der Waals surface area (Å²) in [7, 11) is 0. The molecule has 0 spiro atoms. The highest BCUT2D eigenvalue weighted by molar-refractivity contribution is 8.18. The number of ether oxygens (including phenoxy) is 1. The second-order valence-corrected chi connectivity index (χ2v) is 7.75. The van der Waals surface area contributed by atoms with E-state index in [0.717, 1.165) is 17.3 Å². The summed E-state index contributed by atoms with van der Waals surface area (Å²) < 4.78 is 10.9. The Hall–Kier alpha value is -3.58. The lowest BCUT2D eigenvalue weighted by atomic mass is 10.1. The molecule has 6 nitrogen and oxygen atoms in total. The maximum Gasteiger partial charge on any atom is 0.338 e. The third kappa shape index (κ3) is 4.62. The van der Waals surface area contributed by atoms with E-state index < -0.39 is 5.97 Å². The van der Waals surface area contributed by atoms with E-state index in [1.165, 1.54) is 4.90 Å². The van der Waals surface area contributed by atoms with Crippen molar-refractivity contribution in [1.29, 1.82) is 0 Å². The van der Waals surface area contributed by atoms with E-state index in [1.807, 2.05) is 36.4 Å². The van der Waals surface area contributed by atoms with E-state index >= 15 is 0 Å². The van der Waals surface area contributed by atoms with Gasteiger partial charge in [-0.15, -0.1) is 0 Å². The number of thioether (sulfide) groups is 1. The van der Waals surface area contributed by atoms with E-state index in [4.69, 9.17) is 9.15 Å². The van der Waals surface area contributed by atoms with E-state index in [1.54, 1.807) is 43.3 Å². The van der Waals surface area contributed by atoms with Gasteiger partial charge in [0.05, 0.1) is 23.6 Å². The molecule has 31 heavy (non-hydrogen) atoms. The zero-order valence-electron chi connectivity index (χ0n) is 16.7. The molecule has 0 aliphatic carbocycles. The lowest BCUT2D eigenvalue weighted by Gasteiger charge is -2.11. The summed E-state index contributed by atoms with van der Waals surface area (Å²) in [5.41, 5.74) is 2.02. The number of carbonyl (C=O) groups is 3. The number of hydrogen-bond donors (Lipinski definition) is 0. The van der Waals surface area contributed by atoms with E-state index in [-0.39, 0.29) is 17.7 Å². The van der Waals surface area contributed by atoms with Crippen molar-refractivity contribution in [2.45, 2.75) is 13.5 Å². The number of imide groups is 1. The van der Waals surface area contributed by atoms with Gasteiger partial charge in [0.2, 0.25) is 0 Å². The summed E-state index contributed by atoms with van der Waals surface area (Å²) in [6, 6.07) is 19.8. The first kappa shape index (κ1) is 20.7. The van der Waals surface area contributed by atoms with Crippen LogP contribution in [0.25, 0.3) is 17.4 Å². The Balaban J connectivity index is 1.52. The molecule has 1 saturated heterocycles. The topological polar surface area (TPSA) is 76.8 Å². The van der Waals surface area contributed by atoms with E-state index in [2.05, 4.69) is 0 Å². The zero-order chi connectivity index (χ0) is 21.8. The highest BCUT2D eigenvalue weighted by Crippen LogP contribution is 2.34. The van der Waals surface area contributed by atoms with E-state index in [9.17, 15) is 14.4 Å². The van der Waals surface area contributed by atoms with Crippen LogP contribution in [0.2, 0.25) is 0 Å². The summed E-state index contributed by atoms with van der Waals surface area (Å²) in [6.07, 6.45) is 1.56. The first-order valence-corrected chi connectivity index (χ1v) is 10.5. The number of benzene rings is 2. The number of carbonyl (C=O) groups excluding carboxylic acids is 3. The third-order valence-electron chi connectivity index (χ3n) is 4.62. The summed E-state index contributed by atoms with van der Waals surface area (Å²) in [5, 5.41) is -0.311. The van der Waals surface area contributed by atoms with Gasteiger partial charge in [-0.3, -0.25) is 14.5 Å². The van der Waals surface area contributed by atoms with Crippen LogP contribution in [0, 0.1) is 0 Å². The lowest BCUT2D eigenvalue weighted by molar-refractivity contribution is -0.123. The summed E-state index contributed by atoms with van der Waals surface area (Å²) >= 11 is 0.890. The van der Waals surface area contributed by atoms with Crippen LogP contribution >= 0.6 is 11.8 Å². The largest absolute Gasteiger partial charge is 0.462 e. The molecule has 2 heterocycles. The average Bonchev–Trinajstić information content (AvgIpc) is 3.35. The maximum atomic E-state index is 12.7. The molecule has 0 atom stereocenters. The van der Waals surface area contributed by atoms with E-state index in [0.29, 0.717) is 34.2 Å². The molecular weight excluding hydrogens is 414 g/mol. The quantitative estimate of drug-likeness (QED) is 0.385. The molecule has 0 saturated carbocycles. The Labute approximate surface area is 183 Å². The number of esters is 1. The minimum atomic E-state index is -0.400. The molecule has 0 radical (unpaired) electrons. The standard InChI is InChI=1S/C24H19NO5S/c1-2-29-23(27)18-10-6-9-17(13-18)20-12-11-19(30-20)14-21-22(26)25(24(28)31-21)15-16-7-4-3-5-8-16/h3-14H,2,15H2,1H3/b21-14-. The van der Waals surface area contributed by atoms with Crippen molar-refractivity contribution in [2.24, 2.45) is 0 Å². The summed E-state index contributed by atoms with van der Waals surface area (Å²) in [5.74, 6) is 0.243. The smallest absolute Gasteiger partial charge is 0.338 e. The molecule has 1 aliphatic rings. The highest BCUT2D eigenvalue weighted by Gasteiger charge is 2.35. The highest BCUT2D eigenvalue weighted by atomic mass is 32.2. The Morgan fingerprint density at radius 3 is 2.65 bits per heavy atom. The molecule has 1 fully saturated rings. The fourth-order valence-corrected chi connectivity index (χ4v) is 3.95. The molecule has 1 aliphatic heterocycles. The van der Waals surface area contributed by atoms with Gasteiger partial charge in [0.15, 0.2) is 0 Å². The van der Waals surface area contributed by atoms with Crippen molar-refractivity contribution in [1.82, 2.24) is 4.90 Å². The first-order chi connectivity index (χ1) is 15.0. The molecule has 0 bridgehead atoms. The lowest BCUT2D eigenvalue weighted by Crippen LogP contribution is -2.27. The molecule has 7 heteroatoms. The third-order valence-corrected chi connectivity index (χ3v) is 5.52. The Morgan fingerprint density at radius 2 is 1.87 bits per heavy atom. The van der Waals surface area contributed by atoms with Crippen LogP contribution in [0.4, 0.5) is 4.79 Å². The Morgan fingerprint density at radius 1 is 1.06 bits per heavy atom. The van der Waals surface area contributed by atoms with Gasteiger partial charge in [-0.05, 0) is 48.5 Å². The fourth-order valence-electron chi connectivity index (χ4n) is 3.13. The van der Waals surface area contributed by atoms with Gasteiger partial charge in [-0.2, -0.15) is 0 Å². The van der Waals surface area contributed by atoms with Gasteiger partial charge in [0.25, 0.3) is 11.1 Å². The van der Waals surface area contributed by atoms with Crippen LogP contribution in [0.1, 0.15) is 28.6 Å². The Kier molecular flexibility index (Phi) is 6.04. The van der Waals surface area contributed by atoms with Crippen LogP contribution in [-0.4, -0.2) is 28.6 Å². The number of amides is 2. The molecule has 2 amide bonds. The molecular formula is C24H19NO5S. The van der Waals surface area contributed by atoms with Gasteiger partial charge < -0.3 is 9.15 Å².